The van der Waals surface area contributed by atoms with Crippen LogP contribution in [0.5, 0.6) is 0 Å². The molecule has 0 saturated heterocycles. The first-order valence-corrected chi connectivity index (χ1v) is 9.77. The molecule has 0 aliphatic heterocycles. The fourth-order valence-electron chi connectivity index (χ4n) is 3.32. The Kier molecular flexibility index (Phi) is 5.57. The Balaban J connectivity index is 1.57. The highest BCUT2D eigenvalue weighted by Crippen LogP contribution is 2.18. The Labute approximate surface area is 174 Å². The van der Waals surface area contributed by atoms with Crippen LogP contribution in [0.4, 0.5) is 5.69 Å². The van der Waals surface area contributed by atoms with Crippen molar-refractivity contribution in [2.45, 2.75) is 6.42 Å². The number of aromatic nitrogens is 2. The lowest BCUT2D eigenvalue weighted by molar-refractivity contribution is 0.0951. The van der Waals surface area contributed by atoms with Crippen molar-refractivity contribution in [2.24, 2.45) is 0 Å². The summed E-state index contributed by atoms with van der Waals surface area (Å²) in [6.45, 7) is 0.488. The first-order valence-electron chi connectivity index (χ1n) is 9.77. The molecule has 0 radical (unpaired) electrons. The second-order valence-electron chi connectivity index (χ2n) is 6.93. The van der Waals surface area contributed by atoms with E-state index in [4.69, 9.17) is 0 Å². The molecule has 2 aromatic heterocycles. The molecule has 6 heteroatoms. The number of hydrogen-bond donors (Lipinski definition) is 1. The molecule has 150 valence electrons. The van der Waals surface area contributed by atoms with Crippen molar-refractivity contribution in [2.75, 3.05) is 18.5 Å². The molecule has 0 unspecified atom stereocenters. The predicted octanol–water partition coefficient (Wildman–Crippen LogP) is 3.58. The number of fused-ring (bicyclic) bond motifs is 1. The van der Waals surface area contributed by atoms with Crippen molar-refractivity contribution in [3.63, 3.8) is 0 Å². The second kappa shape index (κ2) is 8.61. The third-order valence-corrected chi connectivity index (χ3v) is 4.94. The molecule has 2 heterocycles. The van der Waals surface area contributed by atoms with E-state index in [1.54, 1.807) is 23.7 Å². The number of rotatable bonds is 6. The predicted molar refractivity (Wildman–Crippen MR) is 117 cm³/mol. The highest BCUT2D eigenvalue weighted by molar-refractivity contribution is 6.07. The minimum absolute atomic E-state index is 0.199. The number of imidazole rings is 1. The van der Waals surface area contributed by atoms with E-state index in [-0.39, 0.29) is 23.3 Å². The fraction of sp³-hybridized carbons (Fsp3) is 0.125. The zero-order valence-corrected chi connectivity index (χ0v) is 16.7. The van der Waals surface area contributed by atoms with Crippen LogP contribution >= 0.6 is 0 Å². The number of nitrogens with one attached hydrogen (secondary N) is 1. The van der Waals surface area contributed by atoms with Crippen LogP contribution in [0.1, 0.15) is 26.7 Å². The standard InChI is InChI=1S/C24H22N4O2/c1-27(19-12-6-3-7-13-19)24(30)22-26-21(20-14-8-9-17-28(20)22)23(29)25-16-15-18-10-4-2-5-11-18/h2-14,17H,15-16H2,1H3,(H,25,29). The largest absolute Gasteiger partial charge is 0.350 e. The van der Waals surface area contributed by atoms with Crippen LogP contribution in [0, 0.1) is 0 Å². The highest BCUT2D eigenvalue weighted by atomic mass is 16.2. The number of nitrogens with zero attached hydrogens (tertiary/aromatic N) is 3. The van der Waals surface area contributed by atoms with E-state index in [0.717, 1.165) is 17.7 Å². The van der Waals surface area contributed by atoms with Gasteiger partial charge in [-0.15, -0.1) is 0 Å². The van der Waals surface area contributed by atoms with Crippen molar-refractivity contribution in [1.82, 2.24) is 14.7 Å². The summed E-state index contributed by atoms with van der Waals surface area (Å²) in [5.74, 6) is -0.382. The first-order chi connectivity index (χ1) is 14.6. The Morgan fingerprint density at radius 3 is 2.33 bits per heavy atom. The zero-order chi connectivity index (χ0) is 20.9. The van der Waals surface area contributed by atoms with Gasteiger partial charge in [-0.1, -0.05) is 54.6 Å². The van der Waals surface area contributed by atoms with E-state index in [1.165, 1.54) is 4.90 Å². The van der Waals surface area contributed by atoms with Gasteiger partial charge in [0.05, 0.1) is 5.52 Å². The molecule has 2 aromatic carbocycles. The van der Waals surface area contributed by atoms with Gasteiger partial charge in [-0.2, -0.15) is 0 Å². The van der Waals surface area contributed by atoms with E-state index in [2.05, 4.69) is 10.3 Å². The molecule has 30 heavy (non-hydrogen) atoms. The third-order valence-electron chi connectivity index (χ3n) is 4.94. The van der Waals surface area contributed by atoms with Gasteiger partial charge in [0, 0.05) is 25.5 Å². The van der Waals surface area contributed by atoms with Gasteiger partial charge in [-0.05, 0) is 36.2 Å². The molecule has 0 aliphatic rings. The van der Waals surface area contributed by atoms with Crippen molar-refractivity contribution in [3.8, 4) is 0 Å². The number of benzene rings is 2. The zero-order valence-electron chi connectivity index (χ0n) is 16.7. The minimum atomic E-state index is -0.295. The molecule has 0 saturated carbocycles. The van der Waals surface area contributed by atoms with Crippen LogP contribution in [0.25, 0.3) is 5.52 Å². The summed E-state index contributed by atoms with van der Waals surface area (Å²) in [5.41, 5.74) is 2.74. The van der Waals surface area contributed by atoms with E-state index < -0.39 is 0 Å². The van der Waals surface area contributed by atoms with Crippen molar-refractivity contribution in [3.05, 3.63) is 102 Å². The molecule has 4 rings (SSSR count). The number of amides is 2. The lowest BCUT2D eigenvalue weighted by atomic mass is 10.1. The average molecular weight is 398 g/mol. The third kappa shape index (κ3) is 3.93. The maximum Gasteiger partial charge on any atom is 0.294 e. The van der Waals surface area contributed by atoms with Crippen LogP contribution in [-0.4, -0.2) is 34.8 Å². The molecule has 1 N–H and O–H groups in total. The van der Waals surface area contributed by atoms with Crippen molar-refractivity contribution >= 4 is 23.0 Å². The molecular weight excluding hydrogens is 376 g/mol. The minimum Gasteiger partial charge on any atom is -0.350 e. The SMILES string of the molecule is CN(C(=O)c1nc(C(=O)NCCc2ccccc2)c2ccccn12)c1ccccc1. The molecule has 0 fully saturated rings. The monoisotopic (exact) mass is 398 g/mol. The Hall–Kier alpha value is -3.93. The maximum absolute atomic E-state index is 13.1. The van der Waals surface area contributed by atoms with Gasteiger partial charge < -0.3 is 10.2 Å². The summed E-state index contributed by atoms with van der Waals surface area (Å²) in [4.78, 5) is 31.9. The van der Waals surface area contributed by atoms with E-state index in [1.807, 2.05) is 72.8 Å². The molecule has 0 aliphatic carbocycles. The Morgan fingerprint density at radius 1 is 0.933 bits per heavy atom. The van der Waals surface area contributed by atoms with E-state index in [9.17, 15) is 9.59 Å². The summed E-state index contributed by atoms with van der Waals surface area (Å²) in [5, 5.41) is 2.91. The summed E-state index contributed by atoms with van der Waals surface area (Å²) in [6, 6.07) is 24.7. The molecule has 4 aromatic rings. The molecular formula is C24H22N4O2. The smallest absolute Gasteiger partial charge is 0.294 e. The molecule has 0 atom stereocenters. The van der Waals surface area contributed by atoms with Crippen LogP contribution in [0.3, 0.4) is 0 Å². The summed E-state index contributed by atoms with van der Waals surface area (Å²) < 4.78 is 1.66. The highest BCUT2D eigenvalue weighted by Gasteiger charge is 2.24. The number of carbonyl (C=O) groups excluding carboxylic acids is 2. The van der Waals surface area contributed by atoms with Gasteiger partial charge in [-0.3, -0.25) is 14.0 Å². The summed E-state index contributed by atoms with van der Waals surface area (Å²) >= 11 is 0. The van der Waals surface area contributed by atoms with Gasteiger partial charge in [0.1, 0.15) is 0 Å². The molecule has 6 nitrogen and oxygen atoms in total. The number of para-hydroxylation sites is 1. The van der Waals surface area contributed by atoms with Gasteiger partial charge >= 0.3 is 0 Å². The van der Waals surface area contributed by atoms with Gasteiger partial charge in [-0.25, -0.2) is 4.98 Å². The van der Waals surface area contributed by atoms with Crippen molar-refractivity contribution in [1.29, 1.82) is 0 Å². The fourth-order valence-corrected chi connectivity index (χ4v) is 3.32. The number of hydrogen-bond acceptors (Lipinski definition) is 3. The van der Waals surface area contributed by atoms with E-state index in [0.29, 0.717) is 12.1 Å². The van der Waals surface area contributed by atoms with Gasteiger partial charge in [0.2, 0.25) is 5.82 Å². The number of carbonyl (C=O) groups is 2. The van der Waals surface area contributed by atoms with Crippen LogP contribution < -0.4 is 10.2 Å². The van der Waals surface area contributed by atoms with Gasteiger partial charge in [0.25, 0.3) is 11.8 Å². The van der Waals surface area contributed by atoms with Crippen molar-refractivity contribution < 1.29 is 9.59 Å². The van der Waals surface area contributed by atoms with Gasteiger partial charge in [0.15, 0.2) is 5.69 Å². The first kappa shape index (κ1) is 19.4. The lowest BCUT2D eigenvalue weighted by Crippen LogP contribution is -2.28. The summed E-state index contributed by atoms with van der Waals surface area (Å²) in [6.07, 6.45) is 2.47. The average Bonchev–Trinajstić information content (AvgIpc) is 3.19. The second-order valence-corrected chi connectivity index (χ2v) is 6.93. The topological polar surface area (TPSA) is 66.7 Å². The molecule has 0 bridgehead atoms. The Bertz CT molecular complexity index is 1170. The van der Waals surface area contributed by atoms with E-state index >= 15 is 0 Å². The number of pyridine rings is 1. The van der Waals surface area contributed by atoms with Crippen LogP contribution in [0.15, 0.2) is 85.1 Å². The Morgan fingerprint density at radius 2 is 1.60 bits per heavy atom. The van der Waals surface area contributed by atoms with Crippen LogP contribution in [-0.2, 0) is 6.42 Å². The normalized spacial score (nSPS) is 10.7. The molecule has 2 amide bonds. The number of anilines is 1. The lowest BCUT2D eigenvalue weighted by Gasteiger charge is -2.16. The maximum atomic E-state index is 13.1. The summed E-state index contributed by atoms with van der Waals surface area (Å²) in [7, 11) is 1.70. The quantitative estimate of drug-likeness (QED) is 0.540. The molecule has 0 spiro atoms. The van der Waals surface area contributed by atoms with Crippen LogP contribution in [0.2, 0.25) is 0 Å².